The third-order valence-corrected chi connectivity index (χ3v) is 3.63. The van der Waals surface area contributed by atoms with Crippen molar-refractivity contribution in [2.45, 2.75) is 18.3 Å². The Bertz CT molecular complexity index is 726. The van der Waals surface area contributed by atoms with Crippen molar-refractivity contribution in [3.63, 3.8) is 0 Å². The Morgan fingerprint density at radius 2 is 1.89 bits per heavy atom. The fourth-order valence-electron chi connectivity index (χ4n) is 1.84. The third kappa shape index (κ3) is 1.97. The summed E-state index contributed by atoms with van der Waals surface area (Å²) < 4.78 is 4.77. The minimum atomic E-state index is -0.378. The molecule has 0 N–H and O–H groups in total. The lowest BCUT2D eigenvalue weighted by Gasteiger charge is -2.08. The molecule has 2 aromatic heterocycles. The molecule has 0 aliphatic heterocycles. The molecule has 0 saturated heterocycles. The number of aromatic nitrogens is 4. The van der Waals surface area contributed by atoms with Gasteiger partial charge in [0.1, 0.15) is 0 Å². The van der Waals surface area contributed by atoms with Gasteiger partial charge in [-0.2, -0.15) is 0 Å². The van der Waals surface area contributed by atoms with Crippen molar-refractivity contribution >= 4 is 43.0 Å². The summed E-state index contributed by atoms with van der Waals surface area (Å²) >= 11 is 6.77. The molecule has 0 aliphatic rings. The quantitative estimate of drug-likeness (QED) is 0.577. The van der Waals surface area contributed by atoms with Crippen molar-refractivity contribution in [2.24, 2.45) is 14.1 Å². The lowest BCUT2D eigenvalue weighted by Crippen LogP contribution is -2.37. The molecule has 0 bridgehead atoms. The molecule has 18 heavy (non-hydrogen) atoms. The van der Waals surface area contributed by atoms with Crippen LogP contribution in [0.3, 0.4) is 0 Å². The Kier molecular flexibility index (Phi) is 3.50. The molecule has 0 amide bonds. The maximum Gasteiger partial charge on any atom is 0.332 e. The van der Waals surface area contributed by atoms with Crippen LogP contribution in [0.4, 0.5) is 0 Å². The number of alkyl halides is 1. The van der Waals surface area contributed by atoms with Gasteiger partial charge in [-0.1, -0.05) is 22.9 Å². The van der Waals surface area contributed by atoms with Gasteiger partial charge in [-0.3, -0.25) is 13.9 Å². The Morgan fingerprint density at radius 3 is 2.44 bits per heavy atom. The second-order valence-electron chi connectivity index (χ2n) is 4.15. The van der Waals surface area contributed by atoms with Gasteiger partial charge in [-0.05, 0) is 15.9 Å². The Hall–Kier alpha value is -0.890. The van der Waals surface area contributed by atoms with Gasteiger partial charge in [-0.25, -0.2) is 9.78 Å². The van der Waals surface area contributed by atoms with E-state index in [1.165, 1.54) is 11.6 Å². The van der Waals surface area contributed by atoms with Crippen molar-refractivity contribution in [1.29, 1.82) is 0 Å². The van der Waals surface area contributed by atoms with Crippen molar-refractivity contribution in [1.82, 2.24) is 18.7 Å². The molecule has 98 valence electrons. The van der Waals surface area contributed by atoms with Gasteiger partial charge in [-0.15, -0.1) is 0 Å². The van der Waals surface area contributed by atoms with Crippen LogP contribution in [0, 0.1) is 0 Å². The Labute approximate surface area is 119 Å². The third-order valence-electron chi connectivity index (χ3n) is 2.74. The van der Waals surface area contributed by atoms with Crippen LogP contribution in [-0.4, -0.2) is 23.5 Å². The second-order valence-corrected chi connectivity index (χ2v) is 6.42. The minimum Gasteiger partial charge on any atom is -0.312 e. The highest BCUT2D eigenvalue weighted by Crippen LogP contribution is 2.18. The average Bonchev–Trinajstić information content (AvgIpc) is 2.61. The Balaban J connectivity index is 2.95. The zero-order valence-corrected chi connectivity index (χ0v) is 13.3. The van der Waals surface area contributed by atoms with E-state index < -0.39 is 0 Å². The van der Waals surface area contributed by atoms with E-state index in [1.54, 1.807) is 11.6 Å². The predicted molar refractivity (Wildman–Crippen MR) is 76.3 cm³/mol. The summed E-state index contributed by atoms with van der Waals surface area (Å²) in [6.45, 7) is 2.56. The highest BCUT2D eigenvalue weighted by atomic mass is 79.9. The van der Waals surface area contributed by atoms with E-state index in [4.69, 9.17) is 0 Å². The lowest BCUT2D eigenvalue weighted by molar-refractivity contribution is 0.680. The first-order valence-electron chi connectivity index (χ1n) is 5.30. The monoisotopic (exact) mass is 378 g/mol. The number of halogens is 2. The van der Waals surface area contributed by atoms with E-state index in [0.29, 0.717) is 22.4 Å². The highest BCUT2D eigenvalue weighted by Gasteiger charge is 2.18. The van der Waals surface area contributed by atoms with Gasteiger partial charge in [0, 0.05) is 25.5 Å². The van der Waals surface area contributed by atoms with Gasteiger partial charge >= 0.3 is 5.69 Å². The maximum atomic E-state index is 12.2. The fraction of sp³-hybridized carbons (Fsp3) is 0.500. The van der Waals surface area contributed by atoms with E-state index >= 15 is 0 Å². The van der Waals surface area contributed by atoms with Crippen molar-refractivity contribution in [3.05, 3.63) is 25.6 Å². The first-order valence-corrected chi connectivity index (χ1v) is 7.01. The molecule has 0 saturated carbocycles. The van der Waals surface area contributed by atoms with Gasteiger partial charge in [0.15, 0.2) is 15.9 Å². The number of aryl methyl sites for hydroxylation is 1. The lowest BCUT2D eigenvalue weighted by atomic mass is 10.4. The van der Waals surface area contributed by atoms with Crippen molar-refractivity contribution < 1.29 is 0 Å². The van der Waals surface area contributed by atoms with Gasteiger partial charge in [0.2, 0.25) is 0 Å². The van der Waals surface area contributed by atoms with Crippen LogP contribution in [0.5, 0.6) is 0 Å². The maximum absolute atomic E-state index is 12.2. The van der Waals surface area contributed by atoms with E-state index in [-0.39, 0.29) is 16.1 Å². The molecule has 2 rings (SSSR count). The zero-order chi connectivity index (χ0) is 13.6. The zero-order valence-electron chi connectivity index (χ0n) is 10.1. The van der Waals surface area contributed by atoms with Gasteiger partial charge in [0.05, 0.1) is 0 Å². The topological polar surface area (TPSA) is 61.8 Å². The molecule has 0 spiro atoms. The molecule has 2 aromatic rings. The molecule has 6 nitrogen and oxygen atoms in total. The van der Waals surface area contributed by atoms with E-state index in [2.05, 4.69) is 36.8 Å². The van der Waals surface area contributed by atoms with Crippen LogP contribution in [0.25, 0.3) is 11.2 Å². The van der Waals surface area contributed by atoms with Crippen LogP contribution >= 0.6 is 31.9 Å². The van der Waals surface area contributed by atoms with Gasteiger partial charge < -0.3 is 4.57 Å². The van der Waals surface area contributed by atoms with Crippen LogP contribution in [0.15, 0.2) is 14.3 Å². The molecular formula is C10H12Br2N4O2. The highest BCUT2D eigenvalue weighted by molar-refractivity contribution is 9.10. The summed E-state index contributed by atoms with van der Waals surface area (Å²) in [5.41, 5.74) is 0.108. The van der Waals surface area contributed by atoms with Crippen LogP contribution in [0.2, 0.25) is 0 Å². The van der Waals surface area contributed by atoms with Crippen LogP contribution in [-0.2, 0) is 20.6 Å². The molecule has 0 fully saturated rings. The number of rotatable bonds is 2. The second kappa shape index (κ2) is 4.65. The first-order chi connectivity index (χ1) is 8.34. The molecule has 2 heterocycles. The van der Waals surface area contributed by atoms with Gasteiger partial charge in [0.25, 0.3) is 5.56 Å². The van der Waals surface area contributed by atoms with Crippen molar-refractivity contribution in [2.75, 3.05) is 0 Å². The van der Waals surface area contributed by atoms with Crippen LogP contribution < -0.4 is 11.2 Å². The SMILES string of the molecule is CC(Br)Cn1c(Br)nc2c1c(=O)n(C)c(=O)n2C. The van der Waals surface area contributed by atoms with E-state index in [1.807, 2.05) is 6.92 Å². The fourth-order valence-corrected chi connectivity index (χ4v) is 2.62. The van der Waals surface area contributed by atoms with Crippen molar-refractivity contribution in [3.8, 4) is 0 Å². The molecule has 1 unspecified atom stereocenters. The number of hydrogen-bond acceptors (Lipinski definition) is 3. The summed E-state index contributed by atoms with van der Waals surface area (Å²) in [7, 11) is 3.07. The number of hydrogen-bond donors (Lipinski definition) is 0. The smallest absolute Gasteiger partial charge is 0.312 e. The van der Waals surface area contributed by atoms with Crippen LogP contribution in [0.1, 0.15) is 6.92 Å². The number of nitrogens with zero attached hydrogens (tertiary/aromatic N) is 4. The summed E-state index contributed by atoms with van der Waals surface area (Å²) in [6.07, 6.45) is 0. The first kappa shape index (κ1) is 13.5. The molecule has 8 heteroatoms. The molecule has 0 radical (unpaired) electrons. The molecule has 0 aliphatic carbocycles. The standard InChI is InChI=1S/C10H12Br2N4O2/c1-5(11)4-16-6-7(13-9(16)12)14(2)10(18)15(3)8(6)17/h5H,4H2,1-3H3. The minimum absolute atomic E-state index is 0.188. The average molecular weight is 380 g/mol. The summed E-state index contributed by atoms with van der Waals surface area (Å²) in [5, 5.41) is 0. The number of fused-ring (bicyclic) bond motifs is 1. The normalized spacial score (nSPS) is 13.2. The summed E-state index contributed by atoms with van der Waals surface area (Å²) in [5.74, 6) is 0. The van der Waals surface area contributed by atoms with E-state index in [0.717, 1.165) is 4.57 Å². The summed E-state index contributed by atoms with van der Waals surface area (Å²) in [4.78, 5) is 28.4. The predicted octanol–water partition coefficient (Wildman–Crippen LogP) is 0.980. The number of imidazole rings is 1. The molecular weight excluding hydrogens is 368 g/mol. The Morgan fingerprint density at radius 1 is 1.28 bits per heavy atom. The van der Waals surface area contributed by atoms with E-state index in [9.17, 15) is 9.59 Å². The summed E-state index contributed by atoms with van der Waals surface area (Å²) in [6, 6.07) is 0. The molecule has 0 aromatic carbocycles. The largest absolute Gasteiger partial charge is 0.332 e. The molecule has 1 atom stereocenters.